The van der Waals surface area contributed by atoms with E-state index in [9.17, 15) is 4.79 Å². The number of carbonyl (C=O) groups is 1. The summed E-state index contributed by atoms with van der Waals surface area (Å²) < 4.78 is 17.6. The first-order valence-corrected chi connectivity index (χ1v) is 9.31. The van der Waals surface area contributed by atoms with Crippen molar-refractivity contribution < 1.29 is 19.0 Å². The molecule has 2 atom stereocenters. The van der Waals surface area contributed by atoms with Crippen LogP contribution in [0.1, 0.15) is 32.1 Å². The third kappa shape index (κ3) is 3.80. The summed E-state index contributed by atoms with van der Waals surface area (Å²) in [5.41, 5.74) is -0.244. The summed E-state index contributed by atoms with van der Waals surface area (Å²) in [6.07, 6.45) is 8.01. The smallest absolute Gasteiger partial charge is 0.225 e. The van der Waals surface area contributed by atoms with Gasteiger partial charge in [0.25, 0.3) is 0 Å². The van der Waals surface area contributed by atoms with Gasteiger partial charge in [0.1, 0.15) is 11.9 Å². The highest BCUT2D eigenvalue weighted by Crippen LogP contribution is 2.37. The number of amides is 1. The van der Waals surface area contributed by atoms with E-state index in [4.69, 9.17) is 14.2 Å². The molecule has 1 spiro atoms. The van der Waals surface area contributed by atoms with Crippen molar-refractivity contribution in [1.29, 1.82) is 0 Å². The second kappa shape index (κ2) is 7.30. The van der Waals surface area contributed by atoms with Gasteiger partial charge in [-0.25, -0.2) is 0 Å². The van der Waals surface area contributed by atoms with Gasteiger partial charge in [0.05, 0.1) is 18.4 Å². The van der Waals surface area contributed by atoms with Crippen LogP contribution >= 0.6 is 0 Å². The van der Waals surface area contributed by atoms with Gasteiger partial charge in [-0.15, -0.1) is 0 Å². The minimum absolute atomic E-state index is 0.0299. The molecule has 0 aromatic carbocycles. The maximum absolute atomic E-state index is 12.8. The minimum Gasteiger partial charge on any atom is -0.486 e. The molecule has 25 heavy (non-hydrogen) atoms. The highest BCUT2D eigenvalue weighted by atomic mass is 16.6. The molecule has 3 aliphatic rings. The van der Waals surface area contributed by atoms with Crippen LogP contribution in [0.5, 0.6) is 5.75 Å². The van der Waals surface area contributed by atoms with Crippen LogP contribution in [0.15, 0.2) is 24.5 Å². The average Bonchev–Trinajstić information content (AvgIpc) is 3.04. The largest absolute Gasteiger partial charge is 0.486 e. The average molecular weight is 346 g/mol. The normalized spacial score (nSPS) is 30.6. The molecular formula is C19H26N2O4. The zero-order valence-corrected chi connectivity index (χ0v) is 14.6. The Morgan fingerprint density at radius 1 is 1.36 bits per heavy atom. The lowest BCUT2D eigenvalue weighted by atomic mass is 9.88. The van der Waals surface area contributed by atoms with Crippen molar-refractivity contribution in [3.63, 3.8) is 0 Å². The first-order chi connectivity index (χ1) is 12.2. The van der Waals surface area contributed by atoms with E-state index in [1.807, 2.05) is 17.0 Å². The lowest BCUT2D eigenvalue weighted by Crippen LogP contribution is -2.52. The lowest BCUT2D eigenvalue weighted by molar-refractivity contribution is -0.146. The summed E-state index contributed by atoms with van der Waals surface area (Å²) in [6.45, 7) is 3.51. The third-order valence-electron chi connectivity index (χ3n) is 5.53. The van der Waals surface area contributed by atoms with Crippen molar-refractivity contribution in [3.8, 4) is 5.75 Å². The van der Waals surface area contributed by atoms with Crippen LogP contribution in [0.4, 0.5) is 0 Å². The molecule has 1 aromatic heterocycles. The summed E-state index contributed by atoms with van der Waals surface area (Å²) in [5, 5.41) is 0. The van der Waals surface area contributed by atoms with Crippen molar-refractivity contribution >= 4 is 5.91 Å². The molecule has 0 bridgehead atoms. The Kier molecular flexibility index (Phi) is 4.90. The van der Waals surface area contributed by atoms with Gasteiger partial charge < -0.3 is 19.1 Å². The summed E-state index contributed by atoms with van der Waals surface area (Å²) in [7, 11) is 0. The number of piperidine rings is 1. The zero-order valence-electron chi connectivity index (χ0n) is 14.6. The molecular weight excluding hydrogens is 320 g/mol. The van der Waals surface area contributed by atoms with E-state index in [2.05, 4.69) is 4.98 Å². The number of hydrogen-bond acceptors (Lipinski definition) is 5. The molecule has 4 rings (SSSR count). The van der Waals surface area contributed by atoms with Crippen LogP contribution in [0, 0.1) is 5.92 Å². The summed E-state index contributed by atoms with van der Waals surface area (Å²) in [6, 6.07) is 3.79. The molecule has 4 heterocycles. The van der Waals surface area contributed by atoms with Gasteiger partial charge >= 0.3 is 0 Å². The fraction of sp³-hybridized carbons (Fsp3) is 0.684. The predicted octanol–water partition coefficient (Wildman–Crippen LogP) is 2.04. The zero-order chi connectivity index (χ0) is 17.1. The summed E-state index contributed by atoms with van der Waals surface area (Å²) in [4.78, 5) is 18.9. The topological polar surface area (TPSA) is 60.9 Å². The second-order valence-electron chi connectivity index (χ2n) is 7.38. The Balaban J connectivity index is 1.36. The van der Waals surface area contributed by atoms with Gasteiger partial charge in [0.15, 0.2) is 0 Å². The van der Waals surface area contributed by atoms with Crippen LogP contribution in [0.2, 0.25) is 0 Å². The van der Waals surface area contributed by atoms with Crippen LogP contribution in [0.25, 0.3) is 0 Å². The number of hydrogen-bond donors (Lipinski definition) is 0. The number of carbonyl (C=O) groups excluding carboxylic acids is 1. The first-order valence-electron chi connectivity index (χ1n) is 9.31. The van der Waals surface area contributed by atoms with E-state index < -0.39 is 0 Å². The van der Waals surface area contributed by atoms with Crippen molar-refractivity contribution in [3.05, 3.63) is 24.5 Å². The Labute approximate surface area is 148 Å². The van der Waals surface area contributed by atoms with Gasteiger partial charge in [0.2, 0.25) is 5.91 Å². The van der Waals surface area contributed by atoms with E-state index >= 15 is 0 Å². The molecule has 0 aliphatic carbocycles. The fourth-order valence-electron chi connectivity index (χ4n) is 4.26. The third-order valence-corrected chi connectivity index (χ3v) is 5.53. The number of aromatic nitrogens is 1. The van der Waals surface area contributed by atoms with E-state index in [0.29, 0.717) is 26.4 Å². The highest BCUT2D eigenvalue weighted by molar-refractivity contribution is 5.79. The maximum Gasteiger partial charge on any atom is 0.225 e. The van der Waals surface area contributed by atoms with Crippen molar-refractivity contribution in [1.82, 2.24) is 9.88 Å². The molecule has 0 radical (unpaired) electrons. The quantitative estimate of drug-likeness (QED) is 0.838. The SMILES string of the molecule is O=C(C1CCOCC1)N1CCC[C@]2(C[C@H](Oc3cccnc3)CO2)C1. The van der Waals surface area contributed by atoms with Gasteiger partial charge in [-0.2, -0.15) is 0 Å². The van der Waals surface area contributed by atoms with E-state index in [1.54, 1.807) is 12.4 Å². The number of nitrogens with zero attached hydrogens (tertiary/aromatic N) is 2. The maximum atomic E-state index is 12.8. The van der Waals surface area contributed by atoms with Crippen LogP contribution in [-0.2, 0) is 14.3 Å². The molecule has 3 fully saturated rings. The Bertz CT molecular complexity index is 590. The lowest BCUT2D eigenvalue weighted by Gasteiger charge is -2.41. The molecule has 1 aromatic rings. The van der Waals surface area contributed by atoms with Crippen molar-refractivity contribution in [2.24, 2.45) is 5.92 Å². The Morgan fingerprint density at radius 3 is 3.04 bits per heavy atom. The fourth-order valence-corrected chi connectivity index (χ4v) is 4.26. The molecule has 3 aliphatic heterocycles. The molecule has 3 saturated heterocycles. The van der Waals surface area contributed by atoms with Crippen LogP contribution in [-0.4, -0.2) is 60.4 Å². The molecule has 6 heteroatoms. The van der Waals surface area contributed by atoms with Crippen LogP contribution in [0.3, 0.4) is 0 Å². The second-order valence-corrected chi connectivity index (χ2v) is 7.38. The van der Waals surface area contributed by atoms with Crippen molar-refractivity contribution in [2.45, 2.75) is 43.8 Å². The number of ether oxygens (including phenoxy) is 3. The highest BCUT2D eigenvalue weighted by Gasteiger charge is 2.46. The number of rotatable bonds is 3. The first kappa shape index (κ1) is 16.8. The Morgan fingerprint density at radius 2 is 2.24 bits per heavy atom. The van der Waals surface area contributed by atoms with Crippen molar-refractivity contribution in [2.75, 3.05) is 32.9 Å². The van der Waals surface area contributed by atoms with E-state index in [1.165, 1.54) is 0 Å². The number of pyridine rings is 1. The summed E-state index contributed by atoms with van der Waals surface area (Å²) >= 11 is 0. The van der Waals surface area contributed by atoms with Gasteiger partial charge in [-0.05, 0) is 37.8 Å². The van der Waals surface area contributed by atoms with Gasteiger partial charge in [-0.3, -0.25) is 9.78 Å². The summed E-state index contributed by atoms with van der Waals surface area (Å²) in [5.74, 6) is 1.18. The Hall–Kier alpha value is -1.66. The van der Waals surface area contributed by atoms with E-state index in [0.717, 1.165) is 44.4 Å². The standard InChI is InChI=1S/C19H26N2O4/c22-18(15-4-9-23-10-5-15)21-8-2-6-19(14-21)11-17(13-24-19)25-16-3-1-7-20-12-16/h1,3,7,12,15,17H,2,4-6,8-11,13-14H2/t17-,19-/m0/s1. The van der Waals surface area contributed by atoms with Gasteiger partial charge in [-0.1, -0.05) is 0 Å². The minimum atomic E-state index is -0.244. The van der Waals surface area contributed by atoms with E-state index in [-0.39, 0.29) is 23.5 Å². The molecule has 136 valence electrons. The molecule has 0 unspecified atom stereocenters. The molecule has 0 saturated carbocycles. The van der Waals surface area contributed by atoms with Gasteiger partial charge in [0, 0.05) is 44.8 Å². The predicted molar refractivity (Wildman–Crippen MR) is 91.3 cm³/mol. The number of likely N-dealkylation sites (tertiary alicyclic amines) is 1. The molecule has 1 amide bonds. The molecule has 0 N–H and O–H groups in total. The molecule has 6 nitrogen and oxygen atoms in total. The monoisotopic (exact) mass is 346 g/mol. The van der Waals surface area contributed by atoms with Crippen LogP contribution < -0.4 is 4.74 Å².